The van der Waals surface area contributed by atoms with Crippen molar-refractivity contribution in [2.24, 2.45) is 10.3 Å². The van der Waals surface area contributed by atoms with Gasteiger partial charge in [0.2, 0.25) is 5.91 Å². The van der Waals surface area contributed by atoms with Crippen LogP contribution in [0, 0.1) is 12.3 Å². The van der Waals surface area contributed by atoms with Crippen molar-refractivity contribution in [1.82, 2.24) is 14.8 Å². The minimum absolute atomic E-state index is 0.00714. The first-order valence-corrected chi connectivity index (χ1v) is 11.4. The fraction of sp³-hybridized carbons (Fsp3) is 0.417. The van der Waals surface area contributed by atoms with E-state index in [2.05, 4.69) is 15.3 Å². The van der Waals surface area contributed by atoms with Crippen molar-refractivity contribution in [2.75, 3.05) is 44.8 Å². The quantitative estimate of drug-likeness (QED) is 0.204. The van der Waals surface area contributed by atoms with Crippen molar-refractivity contribution in [2.45, 2.75) is 26.1 Å². The van der Waals surface area contributed by atoms with Crippen molar-refractivity contribution in [3.05, 3.63) is 58.3 Å². The number of ether oxygens (including phenoxy) is 1. The maximum Gasteiger partial charge on any atom is 0.338 e. The predicted octanol–water partition coefficient (Wildman–Crippen LogP) is 2.87. The van der Waals surface area contributed by atoms with Gasteiger partial charge in [0.05, 0.1) is 19.0 Å². The van der Waals surface area contributed by atoms with E-state index in [0.29, 0.717) is 43.1 Å². The molecular formula is C24H28FN7O3. The van der Waals surface area contributed by atoms with E-state index >= 15 is 4.39 Å². The van der Waals surface area contributed by atoms with Crippen LogP contribution in [-0.4, -0.2) is 72.8 Å². The number of benzene rings is 1. The summed E-state index contributed by atoms with van der Waals surface area (Å²) in [7, 11) is 1.50. The number of anilines is 1. The highest BCUT2D eigenvalue weighted by Crippen LogP contribution is 2.31. The lowest BCUT2D eigenvalue weighted by Crippen LogP contribution is -2.49. The third-order valence-corrected chi connectivity index (χ3v) is 6.40. The molecule has 0 radical (unpaired) electrons. The van der Waals surface area contributed by atoms with Crippen LogP contribution in [0.5, 0.6) is 0 Å². The van der Waals surface area contributed by atoms with E-state index in [1.165, 1.54) is 12.1 Å². The number of nitrogens with one attached hydrogen (secondary N) is 1. The number of piperazine rings is 1. The Balaban J connectivity index is 1.28. The van der Waals surface area contributed by atoms with Gasteiger partial charge in [0.1, 0.15) is 19.1 Å². The normalized spacial score (nSPS) is 16.8. The Labute approximate surface area is 202 Å². The molecule has 1 unspecified atom stereocenters. The second-order valence-corrected chi connectivity index (χ2v) is 8.50. The Bertz CT molecular complexity index is 1130. The van der Waals surface area contributed by atoms with Gasteiger partial charge in [-0.05, 0) is 35.7 Å². The third-order valence-electron chi connectivity index (χ3n) is 6.40. The molecule has 1 aromatic carbocycles. The van der Waals surface area contributed by atoms with Gasteiger partial charge in [-0.1, -0.05) is 17.4 Å². The van der Waals surface area contributed by atoms with Gasteiger partial charge in [-0.15, -0.1) is 0 Å². The standard InChI is InChI=1S/C24H28FN7O3/c1-16-18(4-5-19-20(16)14-35-24(19)34)21(25)13-30-7-9-31(10-8-30)23(33)11-17-3-6-22(28-12-17)32(15-26)29-27-2/h3-6,12,15,21,26H,7-11,13-14H2,1-2H3. The van der Waals surface area contributed by atoms with Gasteiger partial charge in [0, 0.05) is 44.5 Å². The number of cyclic esters (lactones) is 1. The fourth-order valence-electron chi connectivity index (χ4n) is 4.39. The van der Waals surface area contributed by atoms with Crippen LogP contribution in [0.4, 0.5) is 10.2 Å². The highest BCUT2D eigenvalue weighted by Gasteiger charge is 2.28. The van der Waals surface area contributed by atoms with E-state index < -0.39 is 6.17 Å². The molecule has 1 N–H and O–H groups in total. The van der Waals surface area contributed by atoms with E-state index in [1.807, 2.05) is 11.8 Å². The van der Waals surface area contributed by atoms with E-state index in [4.69, 9.17) is 10.1 Å². The Kier molecular flexibility index (Phi) is 7.45. The zero-order valence-corrected chi connectivity index (χ0v) is 19.8. The smallest absolute Gasteiger partial charge is 0.338 e. The lowest BCUT2D eigenvalue weighted by atomic mass is 9.95. The van der Waals surface area contributed by atoms with E-state index in [9.17, 15) is 9.59 Å². The number of hydrogen-bond donors (Lipinski definition) is 1. The van der Waals surface area contributed by atoms with Crippen molar-refractivity contribution in [1.29, 1.82) is 5.41 Å². The summed E-state index contributed by atoms with van der Waals surface area (Å²) >= 11 is 0. The zero-order chi connectivity index (χ0) is 24.9. The molecule has 2 aliphatic heterocycles. The SMILES string of the molecule is CN=NN(C=N)c1ccc(CC(=O)N2CCN(CC(F)c3ccc4c(c3C)COC4=O)CC2)cn1. The molecule has 1 amide bonds. The first-order valence-electron chi connectivity index (χ1n) is 11.4. The van der Waals surface area contributed by atoms with Crippen LogP contribution >= 0.6 is 0 Å². The summed E-state index contributed by atoms with van der Waals surface area (Å²) in [6.07, 6.45) is 1.63. The van der Waals surface area contributed by atoms with E-state index in [1.54, 1.807) is 35.4 Å². The molecule has 11 heteroatoms. The molecule has 1 atom stereocenters. The van der Waals surface area contributed by atoms with Gasteiger partial charge in [0.25, 0.3) is 0 Å². The second kappa shape index (κ2) is 10.7. The van der Waals surface area contributed by atoms with Crippen molar-refractivity contribution < 1.29 is 18.7 Å². The minimum atomic E-state index is -1.18. The third kappa shape index (κ3) is 5.35. The molecule has 1 saturated heterocycles. The van der Waals surface area contributed by atoms with Crippen molar-refractivity contribution in [3.8, 4) is 0 Å². The summed E-state index contributed by atoms with van der Waals surface area (Å²) in [6, 6.07) is 6.79. The van der Waals surface area contributed by atoms with Gasteiger partial charge in [-0.25, -0.2) is 14.2 Å². The molecular weight excluding hydrogens is 453 g/mol. The first kappa shape index (κ1) is 24.4. The first-order chi connectivity index (χ1) is 16.9. The molecule has 184 valence electrons. The van der Waals surface area contributed by atoms with Gasteiger partial charge >= 0.3 is 5.97 Å². The number of alkyl halides is 1. The molecule has 1 fully saturated rings. The topological polar surface area (TPSA) is 115 Å². The molecule has 35 heavy (non-hydrogen) atoms. The molecule has 0 aliphatic carbocycles. The Morgan fingerprint density at radius 1 is 1.29 bits per heavy atom. The van der Waals surface area contributed by atoms with Crippen LogP contribution in [0.15, 0.2) is 40.8 Å². The number of carbonyl (C=O) groups is 2. The molecule has 0 saturated carbocycles. The molecule has 10 nitrogen and oxygen atoms in total. The summed E-state index contributed by atoms with van der Waals surface area (Å²) in [4.78, 5) is 32.5. The Morgan fingerprint density at radius 3 is 2.71 bits per heavy atom. The molecule has 0 spiro atoms. The second-order valence-electron chi connectivity index (χ2n) is 8.50. The van der Waals surface area contributed by atoms with Crippen molar-refractivity contribution in [3.63, 3.8) is 0 Å². The predicted molar refractivity (Wildman–Crippen MR) is 127 cm³/mol. The number of hydrogen-bond acceptors (Lipinski definition) is 8. The van der Waals surface area contributed by atoms with Crippen LogP contribution in [0.1, 0.15) is 38.8 Å². The van der Waals surface area contributed by atoms with Crippen LogP contribution < -0.4 is 5.01 Å². The van der Waals surface area contributed by atoms with Gasteiger partial charge in [-0.2, -0.15) is 10.1 Å². The van der Waals surface area contributed by atoms with E-state index in [0.717, 1.165) is 23.0 Å². The molecule has 4 rings (SSSR count). The highest BCUT2D eigenvalue weighted by molar-refractivity contribution is 5.94. The number of halogens is 1. The maximum absolute atomic E-state index is 15.2. The number of esters is 1. The monoisotopic (exact) mass is 481 g/mol. The number of amides is 1. The number of carbonyl (C=O) groups excluding carboxylic acids is 2. The Hall–Kier alpha value is -3.73. The Morgan fingerprint density at radius 2 is 2.06 bits per heavy atom. The summed E-state index contributed by atoms with van der Waals surface area (Å²) in [6.45, 7) is 4.50. The summed E-state index contributed by atoms with van der Waals surface area (Å²) in [5.41, 5.74) is 3.41. The fourth-order valence-corrected chi connectivity index (χ4v) is 4.39. The van der Waals surface area contributed by atoms with Crippen LogP contribution in [-0.2, 0) is 22.6 Å². The van der Waals surface area contributed by atoms with Gasteiger partial charge < -0.3 is 9.64 Å². The average Bonchev–Trinajstić information content (AvgIpc) is 3.25. The van der Waals surface area contributed by atoms with Gasteiger partial charge in [0.15, 0.2) is 5.82 Å². The number of nitrogens with zero attached hydrogens (tertiary/aromatic N) is 6. The summed E-state index contributed by atoms with van der Waals surface area (Å²) in [5, 5.41) is 16.0. The number of pyridine rings is 1. The molecule has 3 heterocycles. The molecule has 2 aliphatic rings. The minimum Gasteiger partial charge on any atom is -0.457 e. The van der Waals surface area contributed by atoms with Crippen LogP contribution in [0.2, 0.25) is 0 Å². The molecule has 1 aromatic heterocycles. The van der Waals surface area contributed by atoms with Crippen LogP contribution in [0.3, 0.4) is 0 Å². The number of rotatable bonds is 8. The molecule has 0 bridgehead atoms. The highest BCUT2D eigenvalue weighted by atomic mass is 19.1. The zero-order valence-electron chi connectivity index (χ0n) is 19.8. The van der Waals surface area contributed by atoms with Crippen molar-refractivity contribution >= 4 is 24.0 Å². The van der Waals surface area contributed by atoms with E-state index in [-0.39, 0.29) is 31.4 Å². The lowest BCUT2D eigenvalue weighted by molar-refractivity contribution is -0.132. The maximum atomic E-state index is 15.2. The summed E-state index contributed by atoms with van der Waals surface area (Å²) in [5.74, 6) is 0.0788. The number of fused-ring (bicyclic) bond motifs is 1. The van der Waals surface area contributed by atoms with Crippen LogP contribution in [0.25, 0.3) is 0 Å². The average molecular weight is 482 g/mol. The molecule has 2 aromatic rings. The lowest BCUT2D eigenvalue weighted by Gasteiger charge is -2.35. The van der Waals surface area contributed by atoms with Gasteiger partial charge in [-0.3, -0.25) is 15.1 Å². The summed E-state index contributed by atoms with van der Waals surface area (Å²) < 4.78 is 20.2. The largest absolute Gasteiger partial charge is 0.457 e. The number of aromatic nitrogens is 1.